The Balaban J connectivity index is 1.96. The topological polar surface area (TPSA) is 94.6 Å². The average Bonchev–Trinajstić information content (AvgIpc) is 2.94. The number of carbonyl (C=O) groups is 1. The molecule has 0 aliphatic heterocycles. The molecule has 0 saturated heterocycles. The average molecular weight is 516 g/mol. The Hall–Kier alpha value is -1.87. The van der Waals surface area contributed by atoms with E-state index in [1.807, 2.05) is 6.92 Å². The molecule has 150 valence electrons. The summed E-state index contributed by atoms with van der Waals surface area (Å²) >= 11 is 6.58. The molecule has 7 nitrogen and oxygen atoms in total. The molecule has 1 aliphatic carbocycles. The fraction of sp³-hybridized carbons (Fsp3) is 0.421. The van der Waals surface area contributed by atoms with Gasteiger partial charge in [0.1, 0.15) is 12.0 Å². The Bertz CT molecular complexity index is 893. The van der Waals surface area contributed by atoms with Gasteiger partial charge in [-0.15, -0.1) is 0 Å². The van der Waals surface area contributed by atoms with Gasteiger partial charge in [-0.2, -0.15) is 0 Å². The van der Waals surface area contributed by atoms with Crippen molar-refractivity contribution in [2.24, 2.45) is 0 Å². The Morgan fingerprint density at radius 1 is 1.39 bits per heavy atom. The Morgan fingerprint density at radius 3 is 2.68 bits per heavy atom. The second kappa shape index (κ2) is 9.09. The number of nitrogens with one attached hydrogen (secondary N) is 1. The number of nitro groups is 1. The summed E-state index contributed by atoms with van der Waals surface area (Å²) in [6.07, 6.45) is 6.65. The van der Waals surface area contributed by atoms with Crippen molar-refractivity contribution in [2.75, 3.05) is 5.32 Å². The van der Waals surface area contributed by atoms with E-state index in [1.165, 1.54) is 12.3 Å². The van der Waals surface area contributed by atoms with Crippen molar-refractivity contribution in [1.29, 1.82) is 0 Å². The minimum Gasteiger partial charge on any atom is -0.490 e. The van der Waals surface area contributed by atoms with E-state index < -0.39 is 10.8 Å². The monoisotopic (exact) mass is 514 g/mol. The number of nitro benzene ring substituents is 1. The first-order chi connectivity index (χ1) is 13.4. The van der Waals surface area contributed by atoms with E-state index in [9.17, 15) is 14.9 Å². The van der Waals surface area contributed by atoms with Crippen LogP contribution in [0.1, 0.15) is 54.9 Å². The Kier molecular flexibility index (Phi) is 6.77. The predicted octanol–water partition coefficient (Wildman–Crippen LogP) is 6.24. The van der Waals surface area contributed by atoms with Crippen molar-refractivity contribution in [3.8, 4) is 5.75 Å². The number of hydrogen-bond donors (Lipinski definition) is 1. The van der Waals surface area contributed by atoms with E-state index in [4.69, 9.17) is 9.15 Å². The number of anilines is 1. The molecule has 28 heavy (non-hydrogen) atoms. The highest BCUT2D eigenvalue weighted by Crippen LogP contribution is 2.37. The van der Waals surface area contributed by atoms with E-state index >= 15 is 0 Å². The molecule has 2 aromatic rings. The third-order valence-electron chi connectivity index (χ3n) is 4.69. The Morgan fingerprint density at radius 2 is 2.14 bits per heavy atom. The number of furan rings is 1. The molecule has 1 N–H and O–H groups in total. The maximum atomic E-state index is 12.7. The first-order valence-electron chi connectivity index (χ1n) is 9.12. The van der Waals surface area contributed by atoms with E-state index in [0.717, 1.165) is 32.1 Å². The standard InChI is InChI=1S/C19H20Br2N2O5/c1-2-3-7-13-15(23(25)26)8-11(9-16(13)28-12-5-4-6-12)18(24)22-19-17(21)14(20)10-27-19/h8-10,12H,2-7H2,1H3,(H,22,24). The third kappa shape index (κ3) is 4.57. The van der Waals surface area contributed by atoms with Crippen LogP contribution in [0, 0.1) is 10.1 Å². The van der Waals surface area contributed by atoms with Crippen molar-refractivity contribution >= 4 is 49.3 Å². The summed E-state index contributed by atoms with van der Waals surface area (Å²) in [5.74, 6) is 0.138. The lowest BCUT2D eigenvalue weighted by molar-refractivity contribution is -0.385. The number of nitrogens with zero attached hydrogens (tertiary/aromatic N) is 1. The summed E-state index contributed by atoms with van der Waals surface area (Å²) in [4.78, 5) is 23.9. The first-order valence-corrected chi connectivity index (χ1v) is 10.7. The van der Waals surface area contributed by atoms with Gasteiger partial charge in [0, 0.05) is 6.07 Å². The summed E-state index contributed by atoms with van der Waals surface area (Å²) in [5, 5.41) is 14.3. The zero-order valence-corrected chi connectivity index (χ0v) is 18.5. The van der Waals surface area contributed by atoms with Gasteiger partial charge in [0.2, 0.25) is 5.88 Å². The fourth-order valence-corrected chi connectivity index (χ4v) is 3.44. The molecule has 1 amide bonds. The molecule has 0 bridgehead atoms. The van der Waals surface area contributed by atoms with Crippen LogP contribution in [0.2, 0.25) is 0 Å². The van der Waals surface area contributed by atoms with Gasteiger partial charge in [-0.05, 0) is 70.0 Å². The summed E-state index contributed by atoms with van der Waals surface area (Å²) in [6.45, 7) is 2.03. The first kappa shape index (κ1) is 20.9. The van der Waals surface area contributed by atoms with Crippen LogP contribution in [-0.2, 0) is 6.42 Å². The smallest absolute Gasteiger partial charge is 0.277 e. The van der Waals surface area contributed by atoms with E-state index in [0.29, 0.717) is 26.7 Å². The number of carbonyl (C=O) groups excluding carboxylic acids is 1. The highest BCUT2D eigenvalue weighted by molar-refractivity contribution is 9.13. The molecule has 3 rings (SSSR count). The van der Waals surface area contributed by atoms with Crippen molar-refractivity contribution < 1.29 is 18.9 Å². The third-order valence-corrected chi connectivity index (χ3v) is 6.59. The Labute approximate surface area is 179 Å². The summed E-state index contributed by atoms with van der Waals surface area (Å²) in [6, 6.07) is 2.90. The number of ether oxygens (including phenoxy) is 1. The van der Waals surface area contributed by atoms with E-state index in [1.54, 1.807) is 6.07 Å². The molecule has 0 spiro atoms. The zero-order valence-electron chi connectivity index (χ0n) is 15.3. The molecule has 0 unspecified atom stereocenters. The molecular weight excluding hydrogens is 496 g/mol. The minimum atomic E-state index is -0.508. The van der Waals surface area contributed by atoms with Gasteiger partial charge in [-0.3, -0.25) is 20.2 Å². The second-order valence-corrected chi connectivity index (χ2v) is 8.33. The van der Waals surface area contributed by atoms with Crippen molar-refractivity contribution in [1.82, 2.24) is 0 Å². The summed E-state index contributed by atoms with van der Waals surface area (Å²) < 4.78 is 12.5. The van der Waals surface area contributed by atoms with Gasteiger partial charge in [-0.25, -0.2) is 0 Å². The van der Waals surface area contributed by atoms with E-state index in [-0.39, 0.29) is 23.2 Å². The fourth-order valence-electron chi connectivity index (χ4n) is 2.89. The van der Waals surface area contributed by atoms with Crippen LogP contribution < -0.4 is 10.1 Å². The number of hydrogen-bond acceptors (Lipinski definition) is 5. The van der Waals surface area contributed by atoms with Gasteiger partial charge < -0.3 is 9.15 Å². The molecule has 0 atom stereocenters. The van der Waals surface area contributed by atoms with Gasteiger partial charge in [-0.1, -0.05) is 13.3 Å². The highest BCUT2D eigenvalue weighted by Gasteiger charge is 2.27. The lowest BCUT2D eigenvalue weighted by Gasteiger charge is -2.27. The number of halogens is 2. The van der Waals surface area contributed by atoms with E-state index in [2.05, 4.69) is 37.2 Å². The predicted molar refractivity (Wildman–Crippen MR) is 112 cm³/mol. The van der Waals surface area contributed by atoms with Crippen LogP contribution in [-0.4, -0.2) is 16.9 Å². The molecule has 1 aromatic carbocycles. The number of rotatable bonds is 8. The van der Waals surface area contributed by atoms with Gasteiger partial charge in [0.05, 0.1) is 31.1 Å². The second-order valence-electron chi connectivity index (χ2n) is 6.68. The molecular formula is C19H20Br2N2O5. The molecule has 0 radical (unpaired) electrons. The lowest BCUT2D eigenvalue weighted by atomic mass is 9.95. The van der Waals surface area contributed by atoms with Crippen molar-refractivity contribution in [2.45, 2.75) is 51.6 Å². The number of benzene rings is 1. The highest BCUT2D eigenvalue weighted by atomic mass is 79.9. The molecule has 1 fully saturated rings. The van der Waals surface area contributed by atoms with Crippen LogP contribution in [0.15, 0.2) is 31.8 Å². The van der Waals surface area contributed by atoms with Crippen LogP contribution in [0.5, 0.6) is 5.75 Å². The number of unbranched alkanes of at least 4 members (excludes halogenated alkanes) is 1. The number of amides is 1. The van der Waals surface area contributed by atoms with Gasteiger partial charge in [0.25, 0.3) is 11.6 Å². The largest absolute Gasteiger partial charge is 0.490 e. The quantitative estimate of drug-likeness (QED) is 0.331. The van der Waals surface area contributed by atoms with Crippen LogP contribution >= 0.6 is 31.9 Å². The SMILES string of the molecule is CCCCc1c(OC2CCC2)cc(C(=O)Nc2occ(Br)c2Br)cc1[N+](=O)[O-]. The minimum absolute atomic E-state index is 0.0495. The van der Waals surface area contributed by atoms with Gasteiger partial charge in [0.15, 0.2) is 0 Å². The zero-order chi connectivity index (χ0) is 20.3. The lowest BCUT2D eigenvalue weighted by Crippen LogP contribution is -2.25. The maximum absolute atomic E-state index is 12.7. The van der Waals surface area contributed by atoms with Gasteiger partial charge >= 0.3 is 0 Å². The molecule has 9 heteroatoms. The summed E-state index contributed by atoms with van der Waals surface area (Å²) in [7, 11) is 0. The molecule has 1 heterocycles. The van der Waals surface area contributed by atoms with Crippen molar-refractivity contribution in [3.63, 3.8) is 0 Å². The molecule has 1 saturated carbocycles. The summed E-state index contributed by atoms with van der Waals surface area (Å²) in [5.41, 5.74) is 0.619. The molecule has 1 aromatic heterocycles. The van der Waals surface area contributed by atoms with Crippen LogP contribution in [0.4, 0.5) is 11.6 Å². The van der Waals surface area contributed by atoms with Crippen molar-refractivity contribution in [3.05, 3.63) is 48.6 Å². The van der Waals surface area contributed by atoms with Crippen LogP contribution in [0.3, 0.4) is 0 Å². The van der Waals surface area contributed by atoms with Crippen LogP contribution in [0.25, 0.3) is 0 Å². The molecule has 1 aliphatic rings. The maximum Gasteiger partial charge on any atom is 0.277 e. The normalized spacial score (nSPS) is 13.8.